The van der Waals surface area contributed by atoms with Gasteiger partial charge in [-0.15, -0.1) is 0 Å². The molecule has 0 saturated carbocycles. The number of benzene rings is 2. The van der Waals surface area contributed by atoms with Crippen LogP contribution in [0.25, 0.3) is 10.9 Å². The molecule has 24 heavy (non-hydrogen) atoms. The predicted molar refractivity (Wildman–Crippen MR) is 92.6 cm³/mol. The van der Waals surface area contributed by atoms with Gasteiger partial charge in [0, 0.05) is 18.4 Å². The first-order chi connectivity index (χ1) is 11.5. The third-order valence-electron chi connectivity index (χ3n) is 3.85. The number of halogens is 1. The van der Waals surface area contributed by atoms with Crippen LogP contribution in [0.4, 0.5) is 15.8 Å². The molecule has 0 fully saturated rings. The molecule has 0 aliphatic carbocycles. The molecular formula is C18H16FN3O2. The van der Waals surface area contributed by atoms with E-state index in [-0.39, 0.29) is 11.3 Å². The summed E-state index contributed by atoms with van der Waals surface area (Å²) < 4.78 is 15.5. The molecule has 2 aromatic carbocycles. The molecule has 1 amide bonds. The lowest BCUT2D eigenvalue weighted by Crippen LogP contribution is -2.24. The van der Waals surface area contributed by atoms with Crippen LogP contribution < -0.4 is 16.5 Å². The molecule has 0 spiro atoms. The van der Waals surface area contributed by atoms with Crippen LogP contribution in [0, 0.1) is 5.82 Å². The van der Waals surface area contributed by atoms with Crippen molar-refractivity contribution >= 4 is 28.2 Å². The Morgan fingerprint density at radius 2 is 1.96 bits per heavy atom. The first kappa shape index (κ1) is 15.7. The summed E-state index contributed by atoms with van der Waals surface area (Å²) in [6, 6.07) is 10.9. The lowest BCUT2D eigenvalue weighted by Gasteiger charge is -2.13. The minimum absolute atomic E-state index is 0.0195. The fourth-order valence-electron chi connectivity index (χ4n) is 2.64. The van der Waals surface area contributed by atoms with Gasteiger partial charge in [0.15, 0.2) is 0 Å². The molecule has 6 heteroatoms. The Kier molecular flexibility index (Phi) is 4.04. The van der Waals surface area contributed by atoms with Gasteiger partial charge in [-0.2, -0.15) is 0 Å². The maximum atomic E-state index is 13.7. The molecule has 3 N–H and O–H groups in total. The SMILES string of the molecule is CCn1cc(C(=O)Nc2ccccc2F)c(=O)c2c(N)cccc21. The van der Waals surface area contributed by atoms with E-state index in [4.69, 9.17) is 5.73 Å². The summed E-state index contributed by atoms with van der Waals surface area (Å²) in [5.74, 6) is -1.24. The fraction of sp³-hybridized carbons (Fsp3) is 0.111. The molecule has 0 bridgehead atoms. The summed E-state index contributed by atoms with van der Waals surface area (Å²) in [6.45, 7) is 2.45. The maximum absolute atomic E-state index is 13.7. The minimum atomic E-state index is -0.669. The van der Waals surface area contributed by atoms with Gasteiger partial charge < -0.3 is 15.6 Å². The summed E-state index contributed by atoms with van der Waals surface area (Å²) in [7, 11) is 0. The van der Waals surface area contributed by atoms with Crippen LogP contribution in [-0.2, 0) is 6.54 Å². The first-order valence-electron chi connectivity index (χ1n) is 7.50. The van der Waals surface area contributed by atoms with Crippen molar-refractivity contribution in [2.75, 3.05) is 11.1 Å². The highest BCUT2D eigenvalue weighted by Crippen LogP contribution is 2.19. The molecule has 3 aromatic rings. The largest absolute Gasteiger partial charge is 0.398 e. The predicted octanol–water partition coefficient (Wildman–Crippen LogP) is 3.00. The van der Waals surface area contributed by atoms with Gasteiger partial charge in [-0.1, -0.05) is 18.2 Å². The summed E-state index contributed by atoms with van der Waals surface area (Å²) >= 11 is 0. The van der Waals surface area contributed by atoms with Crippen LogP contribution in [0.1, 0.15) is 17.3 Å². The van der Waals surface area contributed by atoms with Gasteiger partial charge in [-0.25, -0.2) is 4.39 Å². The van der Waals surface area contributed by atoms with Gasteiger partial charge in [0.05, 0.1) is 16.6 Å². The monoisotopic (exact) mass is 325 g/mol. The van der Waals surface area contributed by atoms with E-state index in [1.807, 2.05) is 6.92 Å². The number of nitrogen functional groups attached to an aromatic ring is 1. The molecular weight excluding hydrogens is 309 g/mol. The van der Waals surface area contributed by atoms with Crippen LogP contribution in [0.3, 0.4) is 0 Å². The third-order valence-corrected chi connectivity index (χ3v) is 3.85. The highest BCUT2D eigenvalue weighted by Gasteiger charge is 2.17. The minimum Gasteiger partial charge on any atom is -0.398 e. The van der Waals surface area contributed by atoms with Crippen LogP contribution >= 0.6 is 0 Å². The fourth-order valence-corrected chi connectivity index (χ4v) is 2.64. The van der Waals surface area contributed by atoms with Gasteiger partial charge in [-0.05, 0) is 31.2 Å². The second kappa shape index (κ2) is 6.16. The number of rotatable bonds is 3. The van der Waals surface area contributed by atoms with Crippen molar-refractivity contribution in [2.45, 2.75) is 13.5 Å². The number of para-hydroxylation sites is 1. The second-order valence-electron chi connectivity index (χ2n) is 5.33. The molecule has 5 nitrogen and oxygen atoms in total. The number of aromatic nitrogens is 1. The Bertz CT molecular complexity index is 995. The standard InChI is InChI=1S/C18H16FN3O2/c1-2-22-10-11(17(23)16-13(20)7-5-9-15(16)22)18(24)21-14-8-4-3-6-12(14)19/h3-10H,2,20H2,1H3,(H,21,24). The van der Waals surface area contributed by atoms with Gasteiger partial charge in [0.25, 0.3) is 5.91 Å². The zero-order valence-electron chi connectivity index (χ0n) is 13.0. The van der Waals surface area contributed by atoms with Crippen molar-refractivity contribution in [3.63, 3.8) is 0 Å². The molecule has 3 rings (SSSR count). The lowest BCUT2D eigenvalue weighted by molar-refractivity contribution is 0.102. The summed E-state index contributed by atoms with van der Waals surface area (Å²) in [6.07, 6.45) is 1.47. The van der Waals surface area contributed by atoms with Crippen LogP contribution in [0.2, 0.25) is 0 Å². The van der Waals surface area contributed by atoms with E-state index < -0.39 is 17.2 Å². The number of nitrogens with zero attached hydrogens (tertiary/aromatic N) is 1. The molecule has 122 valence electrons. The molecule has 1 heterocycles. The number of carbonyl (C=O) groups excluding carboxylic acids is 1. The zero-order chi connectivity index (χ0) is 17.3. The number of amides is 1. The first-order valence-corrected chi connectivity index (χ1v) is 7.50. The van der Waals surface area contributed by atoms with Crippen molar-refractivity contribution in [3.05, 3.63) is 70.3 Å². The number of anilines is 2. The van der Waals surface area contributed by atoms with Crippen molar-refractivity contribution in [3.8, 4) is 0 Å². The average molecular weight is 325 g/mol. The normalized spacial score (nSPS) is 10.8. The number of nitrogens with one attached hydrogen (secondary N) is 1. The second-order valence-corrected chi connectivity index (χ2v) is 5.33. The number of hydrogen-bond acceptors (Lipinski definition) is 3. The summed E-state index contributed by atoms with van der Waals surface area (Å²) in [5.41, 5.74) is 6.36. The quantitative estimate of drug-likeness (QED) is 0.727. The number of nitrogens with two attached hydrogens (primary N) is 1. The highest BCUT2D eigenvalue weighted by atomic mass is 19.1. The molecule has 0 aliphatic rings. The number of carbonyl (C=O) groups is 1. The molecule has 0 saturated heterocycles. The van der Waals surface area contributed by atoms with E-state index in [9.17, 15) is 14.0 Å². The van der Waals surface area contributed by atoms with Crippen molar-refractivity contribution in [2.24, 2.45) is 0 Å². The van der Waals surface area contributed by atoms with E-state index >= 15 is 0 Å². The van der Waals surface area contributed by atoms with E-state index in [1.54, 1.807) is 28.8 Å². The number of fused-ring (bicyclic) bond motifs is 1. The molecule has 0 aliphatic heterocycles. The Morgan fingerprint density at radius 1 is 1.21 bits per heavy atom. The molecule has 0 unspecified atom stereocenters. The van der Waals surface area contributed by atoms with Crippen LogP contribution in [0.15, 0.2) is 53.5 Å². The topological polar surface area (TPSA) is 77.1 Å². The number of aryl methyl sites for hydroxylation is 1. The maximum Gasteiger partial charge on any atom is 0.261 e. The summed E-state index contributed by atoms with van der Waals surface area (Å²) in [4.78, 5) is 25.2. The lowest BCUT2D eigenvalue weighted by atomic mass is 10.1. The number of pyridine rings is 1. The highest BCUT2D eigenvalue weighted by molar-refractivity contribution is 6.06. The van der Waals surface area contributed by atoms with Crippen molar-refractivity contribution in [1.29, 1.82) is 0 Å². The van der Waals surface area contributed by atoms with Crippen LogP contribution in [-0.4, -0.2) is 10.5 Å². The van der Waals surface area contributed by atoms with E-state index in [2.05, 4.69) is 5.32 Å². The van der Waals surface area contributed by atoms with Crippen molar-refractivity contribution < 1.29 is 9.18 Å². The van der Waals surface area contributed by atoms with Gasteiger partial charge in [0.2, 0.25) is 5.43 Å². The van der Waals surface area contributed by atoms with Gasteiger partial charge in [0.1, 0.15) is 11.4 Å². The van der Waals surface area contributed by atoms with Gasteiger partial charge >= 0.3 is 0 Å². The number of hydrogen-bond donors (Lipinski definition) is 2. The molecule has 0 radical (unpaired) electrons. The molecule has 1 aromatic heterocycles. The zero-order valence-corrected chi connectivity index (χ0v) is 13.0. The Hall–Kier alpha value is -3.15. The average Bonchev–Trinajstić information content (AvgIpc) is 2.57. The van der Waals surface area contributed by atoms with E-state index in [0.29, 0.717) is 23.1 Å². The Morgan fingerprint density at radius 3 is 2.67 bits per heavy atom. The Labute approximate surface area is 137 Å². The van der Waals surface area contributed by atoms with Crippen molar-refractivity contribution in [1.82, 2.24) is 4.57 Å². The van der Waals surface area contributed by atoms with E-state index in [0.717, 1.165) is 0 Å². The third kappa shape index (κ3) is 2.62. The summed E-state index contributed by atoms with van der Waals surface area (Å²) in [5, 5.41) is 2.73. The van der Waals surface area contributed by atoms with Crippen LogP contribution in [0.5, 0.6) is 0 Å². The smallest absolute Gasteiger partial charge is 0.261 e. The molecule has 0 atom stereocenters. The van der Waals surface area contributed by atoms with Gasteiger partial charge in [-0.3, -0.25) is 9.59 Å². The Balaban J connectivity index is 2.14. The van der Waals surface area contributed by atoms with E-state index in [1.165, 1.54) is 24.4 Å².